The van der Waals surface area contributed by atoms with Crippen LogP contribution in [0.3, 0.4) is 0 Å². The van der Waals surface area contributed by atoms with Gasteiger partial charge in [-0.05, 0) is 19.3 Å². The van der Waals surface area contributed by atoms with Gasteiger partial charge in [0.25, 0.3) is 0 Å². The third kappa shape index (κ3) is 20.7. The van der Waals surface area contributed by atoms with Gasteiger partial charge < -0.3 is 0 Å². The van der Waals surface area contributed by atoms with Crippen LogP contribution in [0.15, 0.2) is 0 Å². The van der Waals surface area contributed by atoms with Crippen molar-refractivity contribution in [3.8, 4) is 0 Å². The summed E-state index contributed by atoms with van der Waals surface area (Å²) in [5, 5.41) is 0. The fourth-order valence-electron chi connectivity index (χ4n) is 4.45. The normalized spacial score (nSPS) is 12.4. The summed E-state index contributed by atoms with van der Waals surface area (Å²) in [4.78, 5) is 12.7. The fourth-order valence-corrected chi connectivity index (χ4v) is 4.45. The molecule has 0 saturated carbocycles. The highest BCUT2D eigenvalue weighted by Crippen LogP contribution is 2.22. The molecular formula is C28H56O. The average molecular weight is 409 g/mol. The number of unbranched alkanes of at least 4 members (excludes halogenated alkanes) is 17. The molecule has 0 rings (SSSR count). The van der Waals surface area contributed by atoms with Crippen LogP contribution in [0.5, 0.6) is 0 Å². The maximum atomic E-state index is 12.7. The molecule has 0 amide bonds. The van der Waals surface area contributed by atoms with Crippen LogP contribution in [0.4, 0.5) is 0 Å². The highest BCUT2D eigenvalue weighted by molar-refractivity contribution is 5.80. The molecule has 29 heavy (non-hydrogen) atoms. The molecule has 0 aliphatic rings. The molecule has 0 radical (unpaired) electrons. The van der Waals surface area contributed by atoms with E-state index in [0.717, 1.165) is 25.7 Å². The Kier molecular flexibility index (Phi) is 23.7. The first-order valence-electron chi connectivity index (χ1n) is 13.8. The second-order valence-corrected chi connectivity index (χ2v) is 9.50. The monoisotopic (exact) mass is 408 g/mol. The molecule has 0 aromatic carbocycles. The number of hydrogen-bond acceptors (Lipinski definition) is 1. The lowest BCUT2D eigenvalue weighted by Crippen LogP contribution is -2.14. The summed E-state index contributed by atoms with van der Waals surface area (Å²) in [5.74, 6) is 0.956. The molecule has 0 fully saturated rings. The number of carbonyl (C=O) groups excluding carboxylic acids is 1. The van der Waals surface area contributed by atoms with Gasteiger partial charge in [-0.2, -0.15) is 0 Å². The zero-order chi connectivity index (χ0) is 21.4. The molecule has 0 saturated heterocycles. The summed E-state index contributed by atoms with van der Waals surface area (Å²) in [6, 6.07) is 0. The zero-order valence-electron chi connectivity index (χ0n) is 20.7. The van der Waals surface area contributed by atoms with Crippen molar-refractivity contribution >= 4 is 5.78 Å². The van der Waals surface area contributed by atoms with Gasteiger partial charge in [0.05, 0.1) is 0 Å². The SMILES string of the molecule is CCCCCCCCCCCCCCC(CCCCCC)C(=O)CCCCCC. The molecule has 0 aromatic rings. The smallest absolute Gasteiger partial charge is 0.135 e. The minimum Gasteiger partial charge on any atom is -0.299 e. The molecule has 1 heteroatoms. The molecule has 1 atom stereocenters. The Bertz CT molecular complexity index is 322. The minimum absolute atomic E-state index is 0.372. The highest BCUT2D eigenvalue weighted by Gasteiger charge is 2.17. The van der Waals surface area contributed by atoms with E-state index < -0.39 is 0 Å². The summed E-state index contributed by atoms with van der Waals surface area (Å²) >= 11 is 0. The number of carbonyl (C=O) groups is 1. The van der Waals surface area contributed by atoms with Gasteiger partial charge in [0, 0.05) is 12.3 Å². The highest BCUT2D eigenvalue weighted by atomic mass is 16.1. The first kappa shape index (κ1) is 28.7. The molecule has 0 aliphatic heterocycles. The second kappa shape index (κ2) is 23.9. The van der Waals surface area contributed by atoms with Crippen LogP contribution >= 0.6 is 0 Å². The van der Waals surface area contributed by atoms with E-state index in [1.54, 1.807) is 0 Å². The van der Waals surface area contributed by atoms with Gasteiger partial charge >= 0.3 is 0 Å². The molecule has 0 heterocycles. The van der Waals surface area contributed by atoms with Crippen molar-refractivity contribution in [2.75, 3.05) is 0 Å². The van der Waals surface area contributed by atoms with Crippen LogP contribution in [0.1, 0.15) is 168 Å². The minimum atomic E-state index is 0.372. The maximum absolute atomic E-state index is 12.7. The van der Waals surface area contributed by atoms with E-state index in [1.807, 2.05) is 0 Å². The van der Waals surface area contributed by atoms with E-state index in [2.05, 4.69) is 20.8 Å². The standard InChI is InChI=1S/C28H56O/c1-4-7-10-13-14-15-16-17-18-19-20-22-25-27(24-21-11-8-5-2)28(29)26-23-12-9-6-3/h27H,4-26H2,1-3H3. The Morgan fingerprint density at radius 3 is 1.17 bits per heavy atom. The van der Waals surface area contributed by atoms with Crippen molar-refractivity contribution in [1.29, 1.82) is 0 Å². The summed E-state index contributed by atoms with van der Waals surface area (Å²) in [5.41, 5.74) is 0. The van der Waals surface area contributed by atoms with E-state index in [-0.39, 0.29) is 0 Å². The van der Waals surface area contributed by atoms with Crippen molar-refractivity contribution in [3.63, 3.8) is 0 Å². The van der Waals surface area contributed by atoms with Crippen molar-refractivity contribution in [1.82, 2.24) is 0 Å². The number of hydrogen-bond donors (Lipinski definition) is 0. The Morgan fingerprint density at radius 2 is 0.759 bits per heavy atom. The predicted molar refractivity (Wildman–Crippen MR) is 132 cm³/mol. The first-order valence-corrected chi connectivity index (χ1v) is 13.8. The van der Waals surface area contributed by atoms with Gasteiger partial charge in [0.1, 0.15) is 5.78 Å². The summed E-state index contributed by atoms with van der Waals surface area (Å²) in [6.45, 7) is 6.80. The third-order valence-corrected chi connectivity index (χ3v) is 6.54. The number of rotatable bonds is 24. The fraction of sp³-hybridized carbons (Fsp3) is 0.964. The largest absolute Gasteiger partial charge is 0.299 e. The summed E-state index contributed by atoms with van der Waals surface area (Å²) in [7, 11) is 0. The van der Waals surface area contributed by atoms with Crippen molar-refractivity contribution in [2.45, 2.75) is 168 Å². The summed E-state index contributed by atoms with van der Waals surface area (Å²) < 4.78 is 0. The van der Waals surface area contributed by atoms with Gasteiger partial charge in [0.15, 0.2) is 0 Å². The van der Waals surface area contributed by atoms with E-state index in [9.17, 15) is 4.79 Å². The molecule has 0 aromatic heterocycles. The predicted octanol–water partition coefficient (Wildman–Crippen LogP) is 10.2. The lowest BCUT2D eigenvalue weighted by Gasteiger charge is -2.16. The molecular weight excluding hydrogens is 352 g/mol. The average Bonchev–Trinajstić information content (AvgIpc) is 2.73. The van der Waals surface area contributed by atoms with Crippen LogP contribution in [0.2, 0.25) is 0 Å². The lowest BCUT2D eigenvalue weighted by molar-refractivity contribution is -0.123. The zero-order valence-corrected chi connectivity index (χ0v) is 20.7. The Morgan fingerprint density at radius 1 is 0.448 bits per heavy atom. The second-order valence-electron chi connectivity index (χ2n) is 9.50. The maximum Gasteiger partial charge on any atom is 0.135 e. The molecule has 1 unspecified atom stereocenters. The lowest BCUT2D eigenvalue weighted by atomic mass is 9.88. The van der Waals surface area contributed by atoms with Gasteiger partial charge in [-0.25, -0.2) is 0 Å². The molecule has 0 aliphatic carbocycles. The van der Waals surface area contributed by atoms with Crippen LogP contribution in [0.25, 0.3) is 0 Å². The quantitative estimate of drug-likeness (QED) is 0.145. The van der Waals surface area contributed by atoms with E-state index in [4.69, 9.17) is 0 Å². The molecule has 0 N–H and O–H groups in total. The van der Waals surface area contributed by atoms with E-state index in [0.29, 0.717) is 11.7 Å². The third-order valence-electron chi connectivity index (χ3n) is 6.54. The van der Waals surface area contributed by atoms with Crippen LogP contribution in [0, 0.1) is 5.92 Å². The van der Waals surface area contributed by atoms with Crippen molar-refractivity contribution < 1.29 is 4.79 Å². The molecule has 0 bridgehead atoms. The van der Waals surface area contributed by atoms with Crippen molar-refractivity contribution in [3.05, 3.63) is 0 Å². The van der Waals surface area contributed by atoms with Crippen LogP contribution < -0.4 is 0 Å². The van der Waals surface area contributed by atoms with E-state index >= 15 is 0 Å². The van der Waals surface area contributed by atoms with Crippen LogP contribution in [-0.4, -0.2) is 5.78 Å². The van der Waals surface area contributed by atoms with E-state index in [1.165, 1.54) is 122 Å². The molecule has 174 valence electrons. The van der Waals surface area contributed by atoms with Gasteiger partial charge in [0.2, 0.25) is 0 Å². The summed E-state index contributed by atoms with van der Waals surface area (Å²) in [6.07, 6.45) is 30.0. The number of ketones is 1. The van der Waals surface area contributed by atoms with Crippen molar-refractivity contribution in [2.24, 2.45) is 5.92 Å². The molecule has 1 nitrogen and oxygen atoms in total. The number of Topliss-reactive ketones (excluding diaryl/α,β-unsaturated/α-hetero) is 1. The Hall–Kier alpha value is -0.330. The van der Waals surface area contributed by atoms with Gasteiger partial charge in [-0.1, -0.05) is 143 Å². The van der Waals surface area contributed by atoms with Gasteiger partial charge in [-0.3, -0.25) is 4.79 Å². The Labute approximate surface area is 185 Å². The van der Waals surface area contributed by atoms with Gasteiger partial charge in [-0.15, -0.1) is 0 Å². The molecule has 0 spiro atoms. The topological polar surface area (TPSA) is 17.1 Å². The Balaban J connectivity index is 3.78. The first-order chi connectivity index (χ1) is 14.3. The van der Waals surface area contributed by atoms with Crippen LogP contribution in [-0.2, 0) is 4.79 Å².